The second-order valence-corrected chi connectivity index (χ2v) is 4.55. The van der Waals surface area contributed by atoms with E-state index in [1.54, 1.807) is 32.4 Å². The average Bonchev–Trinajstić information content (AvgIpc) is 2.93. The van der Waals surface area contributed by atoms with Crippen molar-refractivity contribution in [1.82, 2.24) is 24.6 Å². The van der Waals surface area contributed by atoms with Crippen LogP contribution >= 0.6 is 0 Å². The highest BCUT2D eigenvalue weighted by atomic mass is 16.5. The lowest BCUT2D eigenvalue weighted by Crippen LogP contribution is -2.22. The number of nitrogens with two attached hydrogens (primary N) is 1. The molecule has 0 unspecified atom stereocenters. The van der Waals surface area contributed by atoms with Gasteiger partial charge in [0.15, 0.2) is 17.3 Å². The molecule has 1 amide bonds. The normalized spacial score (nSPS) is 10.6. The second-order valence-electron chi connectivity index (χ2n) is 4.55. The van der Waals surface area contributed by atoms with Crippen LogP contribution in [-0.2, 0) is 11.3 Å². The van der Waals surface area contributed by atoms with Crippen LogP contribution in [0.3, 0.4) is 0 Å². The fraction of sp³-hybridized carbons (Fsp3) is 0.385. The highest BCUT2D eigenvalue weighted by Crippen LogP contribution is 2.10. The fourth-order valence-corrected chi connectivity index (χ4v) is 1.67. The van der Waals surface area contributed by atoms with E-state index < -0.39 is 0 Å². The number of anilines is 1. The van der Waals surface area contributed by atoms with Gasteiger partial charge in [0.05, 0.1) is 0 Å². The van der Waals surface area contributed by atoms with E-state index in [1.165, 1.54) is 9.58 Å². The molecule has 0 saturated heterocycles. The summed E-state index contributed by atoms with van der Waals surface area (Å²) in [6.45, 7) is 2.73. The molecule has 0 saturated carbocycles. The van der Waals surface area contributed by atoms with Crippen LogP contribution in [0.5, 0.6) is 0 Å². The van der Waals surface area contributed by atoms with E-state index in [1.807, 2.05) is 6.92 Å². The van der Waals surface area contributed by atoms with Gasteiger partial charge in [-0.1, -0.05) is 0 Å². The molecule has 0 atom stereocenters. The third kappa shape index (κ3) is 3.54. The second kappa shape index (κ2) is 6.31. The standard InChI is InChI=1S/C13H18N6O2/c1-4-21-8-11-15-10(14)7-12(16-11)19-6-5-9(17-19)13(20)18(2)3/h5-7H,4,8H2,1-3H3,(H2,14,15,16). The molecular formula is C13H18N6O2. The van der Waals surface area contributed by atoms with Crippen molar-refractivity contribution in [3.63, 3.8) is 0 Å². The van der Waals surface area contributed by atoms with Gasteiger partial charge in [-0.25, -0.2) is 14.6 Å². The molecule has 0 aliphatic heterocycles. The third-order valence-corrected chi connectivity index (χ3v) is 2.66. The molecule has 8 heteroatoms. The Balaban J connectivity index is 2.29. The van der Waals surface area contributed by atoms with E-state index in [2.05, 4.69) is 15.1 Å². The monoisotopic (exact) mass is 290 g/mol. The summed E-state index contributed by atoms with van der Waals surface area (Å²) in [7, 11) is 3.34. The number of nitrogen functional groups attached to an aromatic ring is 1. The van der Waals surface area contributed by atoms with Crippen molar-refractivity contribution in [2.24, 2.45) is 0 Å². The molecule has 0 aliphatic carbocycles. The Morgan fingerprint density at radius 3 is 2.86 bits per heavy atom. The van der Waals surface area contributed by atoms with E-state index in [-0.39, 0.29) is 12.5 Å². The maximum Gasteiger partial charge on any atom is 0.273 e. The van der Waals surface area contributed by atoms with E-state index in [4.69, 9.17) is 10.5 Å². The van der Waals surface area contributed by atoms with Gasteiger partial charge in [-0.15, -0.1) is 0 Å². The van der Waals surface area contributed by atoms with Crippen molar-refractivity contribution in [3.8, 4) is 5.82 Å². The number of nitrogens with zero attached hydrogens (tertiary/aromatic N) is 5. The van der Waals surface area contributed by atoms with Gasteiger partial charge < -0.3 is 15.4 Å². The highest BCUT2D eigenvalue weighted by molar-refractivity contribution is 5.91. The summed E-state index contributed by atoms with van der Waals surface area (Å²) in [4.78, 5) is 21.7. The molecule has 2 heterocycles. The van der Waals surface area contributed by atoms with E-state index >= 15 is 0 Å². The Morgan fingerprint density at radius 2 is 2.19 bits per heavy atom. The fourth-order valence-electron chi connectivity index (χ4n) is 1.67. The van der Waals surface area contributed by atoms with E-state index in [9.17, 15) is 4.79 Å². The van der Waals surface area contributed by atoms with Crippen LogP contribution in [0.15, 0.2) is 18.3 Å². The average molecular weight is 290 g/mol. The van der Waals surface area contributed by atoms with Crippen LogP contribution < -0.4 is 5.73 Å². The van der Waals surface area contributed by atoms with Gasteiger partial charge >= 0.3 is 0 Å². The van der Waals surface area contributed by atoms with Gasteiger partial charge in [-0.05, 0) is 13.0 Å². The molecule has 21 heavy (non-hydrogen) atoms. The first kappa shape index (κ1) is 14.9. The number of aromatic nitrogens is 4. The summed E-state index contributed by atoms with van der Waals surface area (Å²) in [5.41, 5.74) is 6.10. The topological polar surface area (TPSA) is 99.2 Å². The van der Waals surface area contributed by atoms with Crippen molar-refractivity contribution in [2.75, 3.05) is 26.4 Å². The smallest absolute Gasteiger partial charge is 0.273 e. The zero-order chi connectivity index (χ0) is 15.4. The van der Waals surface area contributed by atoms with Crippen molar-refractivity contribution >= 4 is 11.7 Å². The molecule has 112 valence electrons. The van der Waals surface area contributed by atoms with Crippen molar-refractivity contribution in [3.05, 3.63) is 29.8 Å². The van der Waals surface area contributed by atoms with Gasteiger partial charge in [-0.3, -0.25) is 4.79 Å². The number of amides is 1. The summed E-state index contributed by atoms with van der Waals surface area (Å²) in [5, 5.41) is 4.20. The van der Waals surface area contributed by atoms with Crippen LogP contribution in [0.25, 0.3) is 5.82 Å². The molecule has 2 rings (SSSR count). The van der Waals surface area contributed by atoms with Crippen LogP contribution in [0, 0.1) is 0 Å². The summed E-state index contributed by atoms with van der Waals surface area (Å²) in [6.07, 6.45) is 1.66. The van der Waals surface area contributed by atoms with Gasteiger partial charge in [-0.2, -0.15) is 5.10 Å². The van der Waals surface area contributed by atoms with Crippen LogP contribution in [0.4, 0.5) is 5.82 Å². The van der Waals surface area contributed by atoms with Gasteiger partial charge in [0.2, 0.25) is 0 Å². The molecule has 0 aromatic carbocycles. The van der Waals surface area contributed by atoms with Crippen molar-refractivity contribution in [2.45, 2.75) is 13.5 Å². The maximum atomic E-state index is 11.8. The highest BCUT2D eigenvalue weighted by Gasteiger charge is 2.13. The molecule has 2 aromatic heterocycles. The van der Waals surface area contributed by atoms with E-state index in [0.29, 0.717) is 29.8 Å². The summed E-state index contributed by atoms with van der Waals surface area (Å²) >= 11 is 0. The summed E-state index contributed by atoms with van der Waals surface area (Å²) < 4.78 is 6.76. The molecule has 0 spiro atoms. The van der Waals surface area contributed by atoms with Crippen molar-refractivity contribution in [1.29, 1.82) is 0 Å². The number of hydrogen-bond donors (Lipinski definition) is 1. The minimum absolute atomic E-state index is 0.176. The van der Waals surface area contributed by atoms with Crippen molar-refractivity contribution < 1.29 is 9.53 Å². The molecule has 0 fully saturated rings. The number of carbonyl (C=O) groups excluding carboxylic acids is 1. The predicted octanol–water partition coefficient (Wildman–Crippen LogP) is 0.483. The minimum Gasteiger partial charge on any atom is -0.384 e. The third-order valence-electron chi connectivity index (χ3n) is 2.66. The minimum atomic E-state index is -0.176. The molecule has 0 aliphatic rings. The van der Waals surface area contributed by atoms with Gasteiger partial charge in [0.25, 0.3) is 5.91 Å². The largest absolute Gasteiger partial charge is 0.384 e. The van der Waals surface area contributed by atoms with E-state index in [0.717, 1.165) is 0 Å². The number of ether oxygens (including phenoxy) is 1. The zero-order valence-corrected chi connectivity index (χ0v) is 12.3. The molecule has 2 aromatic rings. The first-order chi connectivity index (χ1) is 10.0. The number of rotatable bonds is 5. The molecule has 0 bridgehead atoms. The lowest BCUT2D eigenvalue weighted by Gasteiger charge is -2.07. The van der Waals surface area contributed by atoms with Gasteiger partial charge in [0.1, 0.15) is 12.4 Å². The Hall–Kier alpha value is -2.48. The van der Waals surface area contributed by atoms with Gasteiger partial charge in [0, 0.05) is 33.0 Å². The molecule has 0 radical (unpaired) electrons. The Kier molecular flexibility index (Phi) is 4.49. The number of carbonyl (C=O) groups is 1. The number of hydrogen-bond acceptors (Lipinski definition) is 6. The maximum absolute atomic E-state index is 11.8. The summed E-state index contributed by atoms with van der Waals surface area (Å²) in [5.74, 6) is 1.12. The summed E-state index contributed by atoms with van der Waals surface area (Å²) in [6, 6.07) is 3.22. The zero-order valence-electron chi connectivity index (χ0n) is 12.3. The molecule has 2 N–H and O–H groups in total. The van der Waals surface area contributed by atoms with Crippen LogP contribution in [-0.4, -0.2) is 51.3 Å². The lowest BCUT2D eigenvalue weighted by atomic mass is 10.4. The Labute approximate surface area is 122 Å². The molecular weight excluding hydrogens is 272 g/mol. The lowest BCUT2D eigenvalue weighted by molar-refractivity contribution is 0.0821. The first-order valence-corrected chi connectivity index (χ1v) is 6.50. The Bertz CT molecular complexity index is 637. The SMILES string of the molecule is CCOCc1nc(N)cc(-n2ccc(C(=O)N(C)C)n2)n1. The Morgan fingerprint density at radius 1 is 1.43 bits per heavy atom. The predicted molar refractivity (Wildman–Crippen MR) is 76.9 cm³/mol. The van der Waals surface area contributed by atoms with Crippen LogP contribution in [0.2, 0.25) is 0 Å². The quantitative estimate of drug-likeness (QED) is 0.860. The first-order valence-electron chi connectivity index (χ1n) is 6.50. The van der Waals surface area contributed by atoms with Crippen LogP contribution in [0.1, 0.15) is 23.2 Å². The molecule has 8 nitrogen and oxygen atoms in total.